The normalized spacial score (nSPS) is 35.5. The van der Waals surface area contributed by atoms with Gasteiger partial charge >= 0.3 is 0 Å². The molecule has 4 heterocycles. The van der Waals surface area contributed by atoms with E-state index >= 15 is 0 Å². The fraction of sp³-hybridized carbons (Fsp3) is 0.720. The first-order valence-corrected chi connectivity index (χ1v) is 12.0. The maximum absolute atomic E-state index is 13.0. The molecule has 4 bridgehead atoms. The van der Waals surface area contributed by atoms with E-state index in [1.807, 2.05) is 15.5 Å². The van der Waals surface area contributed by atoms with Crippen LogP contribution in [0.1, 0.15) is 64.5 Å². The lowest BCUT2D eigenvalue weighted by atomic mass is 9.65. The number of hydrogen-bond donors (Lipinski definition) is 1. The van der Waals surface area contributed by atoms with Crippen LogP contribution in [0.3, 0.4) is 0 Å². The van der Waals surface area contributed by atoms with Crippen LogP contribution in [0.15, 0.2) is 23.0 Å². The molecular weight excluding hydrogens is 390 g/mol. The summed E-state index contributed by atoms with van der Waals surface area (Å²) in [5.74, 6) is 0.867. The molecule has 1 unspecified atom stereocenters. The van der Waals surface area contributed by atoms with Crippen molar-refractivity contribution in [3.05, 3.63) is 34.2 Å². The molecule has 0 radical (unpaired) electrons. The zero-order chi connectivity index (χ0) is 22.0. The Bertz CT molecular complexity index is 967. The molecule has 3 aliphatic heterocycles. The monoisotopic (exact) mass is 426 g/mol. The Morgan fingerprint density at radius 3 is 2.77 bits per heavy atom. The number of likely N-dealkylation sites (tertiary alicyclic amines) is 2. The average molecular weight is 427 g/mol. The standard InChI is InChI=1S/C25H35N3O3/c1-24(2)9-19-10-25(3,15-24)16-28(19)23(31)8-20(29)14-26-11-17-7-18(13-26)21-5-4-6-22(30)27(21)12-17/h4-6,17-19H,7-16H2,1-3H3/p+1/t17-,18+,19-,25-/m0/s1. The summed E-state index contributed by atoms with van der Waals surface area (Å²) in [6.45, 7) is 10.7. The van der Waals surface area contributed by atoms with Gasteiger partial charge in [0.2, 0.25) is 5.91 Å². The Balaban J connectivity index is 1.20. The van der Waals surface area contributed by atoms with E-state index in [-0.39, 0.29) is 34.5 Å². The maximum atomic E-state index is 13.0. The molecular formula is C25H36N3O3+. The van der Waals surface area contributed by atoms with Gasteiger partial charge in [-0.3, -0.25) is 14.4 Å². The molecule has 1 aromatic heterocycles. The summed E-state index contributed by atoms with van der Waals surface area (Å²) in [5, 5.41) is 0. The first kappa shape index (κ1) is 20.9. The van der Waals surface area contributed by atoms with E-state index in [1.54, 1.807) is 6.07 Å². The van der Waals surface area contributed by atoms with Crippen molar-refractivity contribution >= 4 is 11.7 Å². The van der Waals surface area contributed by atoms with Crippen LogP contribution in [0.5, 0.6) is 0 Å². The number of rotatable bonds is 4. The summed E-state index contributed by atoms with van der Waals surface area (Å²) in [6.07, 6.45) is 4.42. The van der Waals surface area contributed by atoms with Crippen molar-refractivity contribution in [1.29, 1.82) is 0 Å². The van der Waals surface area contributed by atoms with Crippen LogP contribution in [0, 0.1) is 16.7 Å². The van der Waals surface area contributed by atoms with Gasteiger partial charge < -0.3 is 14.4 Å². The van der Waals surface area contributed by atoms with Crippen molar-refractivity contribution in [3.8, 4) is 0 Å². The molecule has 3 fully saturated rings. The van der Waals surface area contributed by atoms with Crippen molar-refractivity contribution in [3.63, 3.8) is 0 Å². The van der Waals surface area contributed by atoms with Crippen molar-refractivity contribution in [2.45, 2.75) is 71.4 Å². The Morgan fingerprint density at radius 1 is 1.16 bits per heavy atom. The minimum Gasteiger partial charge on any atom is -0.339 e. The van der Waals surface area contributed by atoms with Crippen LogP contribution in [0.2, 0.25) is 0 Å². The van der Waals surface area contributed by atoms with Crippen molar-refractivity contribution < 1.29 is 14.5 Å². The van der Waals surface area contributed by atoms with Crippen LogP contribution in [0.4, 0.5) is 0 Å². The minimum atomic E-state index is 0.0323. The lowest BCUT2D eigenvalue weighted by Gasteiger charge is -2.40. The van der Waals surface area contributed by atoms with Gasteiger partial charge in [-0.1, -0.05) is 26.8 Å². The fourth-order valence-corrected chi connectivity index (χ4v) is 7.63. The van der Waals surface area contributed by atoms with Crippen LogP contribution in [-0.2, 0) is 16.1 Å². The second-order valence-electron chi connectivity index (χ2n) is 12.0. The van der Waals surface area contributed by atoms with Crippen LogP contribution < -0.4 is 10.5 Å². The van der Waals surface area contributed by atoms with Gasteiger partial charge in [0.1, 0.15) is 6.54 Å². The highest BCUT2D eigenvalue weighted by atomic mass is 16.2. The third kappa shape index (κ3) is 3.99. The van der Waals surface area contributed by atoms with Gasteiger partial charge in [-0.05, 0) is 42.6 Å². The number of carbonyl (C=O) groups is 2. The van der Waals surface area contributed by atoms with E-state index in [4.69, 9.17) is 0 Å². The molecule has 6 heteroatoms. The molecule has 1 saturated carbocycles. The quantitative estimate of drug-likeness (QED) is 0.737. The van der Waals surface area contributed by atoms with Gasteiger partial charge in [0.25, 0.3) is 5.56 Å². The molecule has 6 nitrogen and oxygen atoms in total. The number of ketones is 1. The maximum Gasteiger partial charge on any atom is 0.250 e. The molecule has 5 atom stereocenters. The number of nitrogens with one attached hydrogen (secondary N) is 1. The van der Waals surface area contributed by atoms with E-state index in [0.717, 1.165) is 57.6 Å². The Kier molecular flexibility index (Phi) is 4.92. The van der Waals surface area contributed by atoms with Crippen molar-refractivity contribution in [2.24, 2.45) is 16.7 Å². The average Bonchev–Trinajstić information content (AvgIpc) is 2.91. The molecule has 5 rings (SSSR count). The number of Topliss-reactive ketones (excluding diaryl/α,β-unsaturated/α-hetero) is 1. The number of quaternary nitrogens is 1. The molecule has 0 aromatic carbocycles. The largest absolute Gasteiger partial charge is 0.339 e. The van der Waals surface area contributed by atoms with E-state index in [2.05, 4.69) is 26.8 Å². The van der Waals surface area contributed by atoms with Crippen LogP contribution in [-0.4, -0.2) is 53.4 Å². The van der Waals surface area contributed by atoms with Gasteiger partial charge in [-0.2, -0.15) is 0 Å². The molecule has 4 aliphatic rings. The third-order valence-electron chi connectivity index (χ3n) is 8.20. The Hall–Kier alpha value is -1.95. The van der Waals surface area contributed by atoms with Gasteiger partial charge in [0.05, 0.1) is 19.5 Å². The van der Waals surface area contributed by atoms with Gasteiger partial charge in [-0.15, -0.1) is 0 Å². The summed E-state index contributed by atoms with van der Waals surface area (Å²) in [5.41, 5.74) is 1.67. The number of nitrogens with zero attached hydrogens (tertiary/aromatic N) is 2. The SMILES string of the molecule is CC1(C)C[C@H]2C[C@](C)(CN2C(=O)CC(=O)C[NH+]2C[C@@H]3C[C@H](C2)c2cccc(=O)n2C3)C1. The number of hydrogen-bond acceptors (Lipinski definition) is 3. The van der Waals surface area contributed by atoms with Gasteiger partial charge in [0, 0.05) is 42.7 Å². The molecule has 0 spiro atoms. The highest BCUT2D eigenvalue weighted by Gasteiger charge is 2.51. The Morgan fingerprint density at radius 2 is 1.97 bits per heavy atom. The topological polar surface area (TPSA) is 63.8 Å². The smallest absolute Gasteiger partial charge is 0.250 e. The van der Waals surface area contributed by atoms with Gasteiger partial charge in [0.15, 0.2) is 5.78 Å². The molecule has 1 amide bonds. The fourth-order valence-electron chi connectivity index (χ4n) is 7.63. The number of piperidine rings is 1. The highest BCUT2D eigenvalue weighted by molar-refractivity contribution is 5.98. The third-order valence-corrected chi connectivity index (χ3v) is 8.20. The number of carbonyl (C=O) groups excluding carboxylic acids is 2. The van der Waals surface area contributed by atoms with E-state index in [0.29, 0.717) is 24.4 Å². The van der Waals surface area contributed by atoms with Crippen molar-refractivity contribution in [1.82, 2.24) is 9.47 Å². The lowest BCUT2D eigenvalue weighted by Crippen LogP contribution is -3.15. The summed E-state index contributed by atoms with van der Waals surface area (Å²) >= 11 is 0. The number of fused-ring (bicyclic) bond motifs is 6. The molecule has 2 saturated heterocycles. The summed E-state index contributed by atoms with van der Waals surface area (Å²) < 4.78 is 1.93. The number of aromatic nitrogens is 1. The summed E-state index contributed by atoms with van der Waals surface area (Å²) in [4.78, 5) is 41.4. The molecule has 168 valence electrons. The van der Waals surface area contributed by atoms with Crippen molar-refractivity contribution in [2.75, 3.05) is 26.2 Å². The predicted molar refractivity (Wildman–Crippen MR) is 118 cm³/mol. The van der Waals surface area contributed by atoms with E-state index < -0.39 is 0 Å². The van der Waals surface area contributed by atoms with Crippen LogP contribution >= 0.6 is 0 Å². The Labute approximate surface area is 184 Å². The van der Waals surface area contributed by atoms with E-state index in [9.17, 15) is 14.4 Å². The second-order valence-corrected chi connectivity index (χ2v) is 12.0. The second kappa shape index (κ2) is 7.29. The van der Waals surface area contributed by atoms with Gasteiger partial charge in [-0.25, -0.2) is 0 Å². The van der Waals surface area contributed by atoms with E-state index in [1.165, 1.54) is 4.90 Å². The lowest BCUT2D eigenvalue weighted by molar-refractivity contribution is -0.903. The minimum absolute atomic E-state index is 0.0323. The summed E-state index contributed by atoms with van der Waals surface area (Å²) in [7, 11) is 0. The summed E-state index contributed by atoms with van der Waals surface area (Å²) in [6, 6.07) is 5.84. The predicted octanol–water partition coefficient (Wildman–Crippen LogP) is 1.24. The molecule has 1 N–H and O–H groups in total. The first-order valence-electron chi connectivity index (χ1n) is 12.0. The zero-order valence-corrected chi connectivity index (χ0v) is 19.2. The first-order chi connectivity index (χ1) is 14.6. The molecule has 1 aliphatic carbocycles. The van der Waals surface area contributed by atoms with Crippen LogP contribution in [0.25, 0.3) is 0 Å². The number of amides is 1. The zero-order valence-electron chi connectivity index (χ0n) is 19.2. The highest BCUT2D eigenvalue weighted by Crippen LogP contribution is 2.52. The molecule has 1 aromatic rings. The number of pyridine rings is 1. The molecule has 31 heavy (non-hydrogen) atoms.